The summed E-state index contributed by atoms with van der Waals surface area (Å²) in [5, 5.41) is 11.5. The zero-order valence-electron chi connectivity index (χ0n) is 10.5. The smallest absolute Gasteiger partial charge is 0.313 e. The van der Waals surface area contributed by atoms with E-state index in [1.165, 1.54) is 0 Å². The van der Waals surface area contributed by atoms with E-state index < -0.39 is 5.97 Å². The Morgan fingerprint density at radius 2 is 1.95 bits per heavy atom. The molecule has 0 aliphatic heterocycles. The third-order valence-electron chi connectivity index (χ3n) is 3.03. The second-order valence-corrected chi connectivity index (χ2v) is 5.67. The van der Waals surface area contributed by atoms with Crippen LogP contribution in [0.15, 0.2) is 30.3 Å². The van der Waals surface area contributed by atoms with E-state index in [2.05, 4.69) is 5.32 Å². The summed E-state index contributed by atoms with van der Waals surface area (Å²) in [6, 6.07) is 10.0. The predicted octanol–water partition coefficient (Wildman–Crippen LogP) is 2.07. The van der Waals surface area contributed by atoms with Gasteiger partial charge in [-0.3, -0.25) is 9.59 Å². The van der Waals surface area contributed by atoms with Crippen molar-refractivity contribution in [1.29, 1.82) is 0 Å². The SMILES string of the molecule is O=C(O)CSCC(=O)NC(c1ccccc1)C1CC1. The second-order valence-electron chi connectivity index (χ2n) is 4.68. The molecule has 4 nitrogen and oxygen atoms in total. The first-order chi connectivity index (χ1) is 9.16. The summed E-state index contributed by atoms with van der Waals surface area (Å²) in [5.41, 5.74) is 1.13. The molecule has 0 spiro atoms. The van der Waals surface area contributed by atoms with Gasteiger partial charge in [-0.1, -0.05) is 30.3 Å². The van der Waals surface area contributed by atoms with Crippen molar-refractivity contribution in [3.63, 3.8) is 0 Å². The van der Waals surface area contributed by atoms with E-state index in [1.54, 1.807) is 0 Å². The zero-order chi connectivity index (χ0) is 13.7. The Bertz CT molecular complexity index is 445. The molecule has 1 aliphatic carbocycles. The molecule has 1 saturated carbocycles. The van der Waals surface area contributed by atoms with Gasteiger partial charge in [-0.05, 0) is 24.3 Å². The summed E-state index contributed by atoms with van der Waals surface area (Å²) in [4.78, 5) is 22.2. The normalized spacial score (nSPS) is 15.8. The van der Waals surface area contributed by atoms with Crippen LogP contribution < -0.4 is 5.32 Å². The third kappa shape index (κ3) is 4.59. The number of carbonyl (C=O) groups is 2. The van der Waals surface area contributed by atoms with Gasteiger partial charge in [0.2, 0.25) is 5.91 Å². The second kappa shape index (κ2) is 6.61. The molecule has 0 heterocycles. The minimum atomic E-state index is -0.889. The number of nitrogens with one attached hydrogen (secondary N) is 1. The lowest BCUT2D eigenvalue weighted by molar-refractivity contribution is -0.133. The molecule has 0 aromatic heterocycles. The molecule has 2 rings (SSSR count). The van der Waals surface area contributed by atoms with Crippen molar-refractivity contribution in [2.45, 2.75) is 18.9 Å². The first kappa shape index (κ1) is 13.9. The van der Waals surface area contributed by atoms with Gasteiger partial charge in [0.25, 0.3) is 0 Å². The molecule has 5 heteroatoms. The summed E-state index contributed by atoms with van der Waals surface area (Å²) < 4.78 is 0. The van der Waals surface area contributed by atoms with E-state index in [1.807, 2.05) is 30.3 Å². The van der Waals surface area contributed by atoms with Crippen LogP contribution >= 0.6 is 11.8 Å². The summed E-state index contributed by atoms with van der Waals surface area (Å²) in [5.74, 6) is -0.294. The predicted molar refractivity (Wildman–Crippen MR) is 75.0 cm³/mol. The Morgan fingerprint density at radius 1 is 1.26 bits per heavy atom. The maximum atomic E-state index is 11.8. The Balaban J connectivity index is 1.87. The molecule has 2 N–H and O–H groups in total. The van der Waals surface area contributed by atoms with Crippen LogP contribution in [0.5, 0.6) is 0 Å². The van der Waals surface area contributed by atoms with Crippen molar-refractivity contribution in [1.82, 2.24) is 5.32 Å². The molecule has 1 aliphatic rings. The molecule has 0 radical (unpaired) electrons. The van der Waals surface area contributed by atoms with Crippen molar-refractivity contribution in [2.24, 2.45) is 5.92 Å². The number of rotatable bonds is 7. The Morgan fingerprint density at radius 3 is 2.53 bits per heavy atom. The van der Waals surface area contributed by atoms with E-state index in [-0.39, 0.29) is 23.5 Å². The number of thioether (sulfide) groups is 1. The van der Waals surface area contributed by atoms with Crippen LogP contribution in [0.25, 0.3) is 0 Å². The summed E-state index contributed by atoms with van der Waals surface area (Å²) >= 11 is 1.13. The minimum Gasteiger partial charge on any atom is -0.481 e. The monoisotopic (exact) mass is 279 g/mol. The molecule has 0 bridgehead atoms. The van der Waals surface area contributed by atoms with E-state index in [0.29, 0.717) is 5.92 Å². The third-order valence-corrected chi connectivity index (χ3v) is 3.94. The van der Waals surface area contributed by atoms with Crippen molar-refractivity contribution < 1.29 is 14.7 Å². The van der Waals surface area contributed by atoms with E-state index >= 15 is 0 Å². The number of aliphatic carboxylic acids is 1. The largest absolute Gasteiger partial charge is 0.481 e. The molecular weight excluding hydrogens is 262 g/mol. The van der Waals surface area contributed by atoms with Gasteiger partial charge in [-0.15, -0.1) is 11.8 Å². The number of carboxylic acid groups (broad SMARTS) is 1. The first-order valence-corrected chi connectivity index (χ1v) is 7.46. The number of amides is 1. The molecule has 0 saturated heterocycles. The van der Waals surface area contributed by atoms with Crippen LogP contribution in [-0.4, -0.2) is 28.5 Å². The molecule has 19 heavy (non-hydrogen) atoms. The molecule has 1 atom stereocenters. The lowest BCUT2D eigenvalue weighted by Crippen LogP contribution is -2.31. The molecule has 1 amide bonds. The molecule has 1 fully saturated rings. The van der Waals surface area contributed by atoms with Crippen LogP contribution in [0, 0.1) is 5.92 Å². The van der Waals surface area contributed by atoms with Crippen LogP contribution in [0.3, 0.4) is 0 Å². The molecule has 1 unspecified atom stereocenters. The van der Waals surface area contributed by atoms with E-state index in [0.717, 1.165) is 30.2 Å². The topological polar surface area (TPSA) is 66.4 Å². The number of hydrogen-bond donors (Lipinski definition) is 2. The van der Waals surface area contributed by atoms with Crippen LogP contribution in [0.1, 0.15) is 24.4 Å². The highest BCUT2D eigenvalue weighted by atomic mass is 32.2. The van der Waals surface area contributed by atoms with Crippen molar-refractivity contribution in [3.8, 4) is 0 Å². The quantitative estimate of drug-likeness (QED) is 0.802. The number of benzene rings is 1. The van der Waals surface area contributed by atoms with Gasteiger partial charge in [0.15, 0.2) is 0 Å². The number of carboxylic acids is 1. The Labute approximate surface area is 116 Å². The van der Waals surface area contributed by atoms with Gasteiger partial charge in [0, 0.05) is 0 Å². The van der Waals surface area contributed by atoms with Gasteiger partial charge < -0.3 is 10.4 Å². The fourth-order valence-corrected chi connectivity index (χ4v) is 2.55. The van der Waals surface area contributed by atoms with Gasteiger partial charge in [0.05, 0.1) is 17.5 Å². The fraction of sp³-hybridized carbons (Fsp3) is 0.429. The fourth-order valence-electron chi connectivity index (χ4n) is 2.01. The average Bonchev–Trinajstić information content (AvgIpc) is 3.21. The lowest BCUT2D eigenvalue weighted by atomic mass is 10.0. The van der Waals surface area contributed by atoms with Crippen LogP contribution in [0.4, 0.5) is 0 Å². The maximum absolute atomic E-state index is 11.8. The summed E-state index contributed by atoms with van der Waals surface area (Å²) in [6.45, 7) is 0. The highest BCUT2D eigenvalue weighted by Crippen LogP contribution is 2.40. The molecule has 1 aromatic rings. The minimum absolute atomic E-state index is 0.0349. The maximum Gasteiger partial charge on any atom is 0.313 e. The van der Waals surface area contributed by atoms with Crippen molar-refractivity contribution >= 4 is 23.6 Å². The van der Waals surface area contributed by atoms with Crippen LogP contribution in [-0.2, 0) is 9.59 Å². The summed E-state index contributed by atoms with van der Waals surface area (Å²) in [6.07, 6.45) is 2.28. The highest BCUT2D eigenvalue weighted by Gasteiger charge is 2.33. The molecular formula is C14H17NO3S. The van der Waals surface area contributed by atoms with Gasteiger partial charge in [-0.2, -0.15) is 0 Å². The molecule has 1 aromatic carbocycles. The standard InChI is InChI=1S/C14H17NO3S/c16-12(8-19-9-13(17)18)15-14(11-6-7-11)10-4-2-1-3-5-10/h1-5,11,14H,6-9H2,(H,15,16)(H,17,18). The first-order valence-electron chi connectivity index (χ1n) is 6.30. The van der Waals surface area contributed by atoms with Gasteiger partial charge in [0.1, 0.15) is 0 Å². The van der Waals surface area contributed by atoms with Crippen LogP contribution in [0.2, 0.25) is 0 Å². The number of carbonyl (C=O) groups excluding carboxylic acids is 1. The van der Waals surface area contributed by atoms with E-state index in [9.17, 15) is 9.59 Å². The highest BCUT2D eigenvalue weighted by molar-refractivity contribution is 8.00. The summed E-state index contributed by atoms with van der Waals surface area (Å²) in [7, 11) is 0. The van der Waals surface area contributed by atoms with Gasteiger partial charge in [-0.25, -0.2) is 0 Å². The zero-order valence-corrected chi connectivity index (χ0v) is 11.4. The average molecular weight is 279 g/mol. The van der Waals surface area contributed by atoms with Crippen molar-refractivity contribution in [2.75, 3.05) is 11.5 Å². The Hall–Kier alpha value is -1.49. The van der Waals surface area contributed by atoms with Crippen molar-refractivity contribution in [3.05, 3.63) is 35.9 Å². The lowest BCUT2D eigenvalue weighted by Gasteiger charge is -2.18. The van der Waals surface area contributed by atoms with E-state index in [4.69, 9.17) is 5.11 Å². The van der Waals surface area contributed by atoms with Gasteiger partial charge >= 0.3 is 5.97 Å². The number of hydrogen-bond acceptors (Lipinski definition) is 3. The Kier molecular flexibility index (Phi) is 4.85. The molecule has 102 valence electrons.